The molecule has 2 aliphatic heterocycles. The molecule has 0 saturated carbocycles. The highest BCUT2D eigenvalue weighted by molar-refractivity contribution is 8.03. The van der Waals surface area contributed by atoms with E-state index in [2.05, 4.69) is 17.5 Å². The number of dihydropyridines is 1. The molecule has 0 aromatic heterocycles. The van der Waals surface area contributed by atoms with Gasteiger partial charge in [-0.05, 0) is 24.8 Å². The van der Waals surface area contributed by atoms with Crippen molar-refractivity contribution in [1.29, 1.82) is 5.26 Å². The van der Waals surface area contributed by atoms with Gasteiger partial charge in [-0.25, -0.2) is 0 Å². The summed E-state index contributed by atoms with van der Waals surface area (Å²) in [5.74, 6) is 1.28. The Kier molecular flexibility index (Phi) is 3.75. The molecule has 0 aromatic carbocycles. The van der Waals surface area contributed by atoms with Crippen molar-refractivity contribution >= 4 is 11.8 Å². The van der Waals surface area contributed by atoms with Crippen LogP contribution in [0.2, 0.25) is 0 Å². The van der Waals surface area contributed by atoms with Crippen LogP contribution in [0.15, 0.2) is 23.3 Å². The maximum absolute atomic E-state index is 7.32. The molecule has 1 atom stereocenters. The maximum atomic E-state index is 7.32. The molecule has 0 aromatic rings. The number of nitriles is 1. The molecule has 1 fully saturated rings. The van der Waals surface area contributed by atoms with Crippen molar-refractivity contribution in [2.45, 2.75) is 19.4 Å². The van der Waals surface area contributed by atoms with Gasteiger partial charge in [-0.3, -0.25) is 0 Å². The fraction of sp³-hybridized carbons (Fsp3) is 0.444. The lowest BCUT2D eigenvalue weighted by molar-refractivity contribution is 0.684. The van der Waals surface area contributed by atoms with Crippen molar-refractivity contribution in [3.63, 3.8) is 0 Å². The Bertz CT molecular complexity index is 237. The molecular weight excluding hydrogens is 168 g/mol. The third-order valence-corrected chi connectivity index (χ3v) is 2.87. The van der Waals surface area contributed by atoms with E-state index >= 15 is 0 Å². The number of nitrogens with zero attached hydrogens (tertiary/aromatic N) is 1. The molecule has 1 saturated heterocycles. The molecule has 3 heteroatoms. The molecule has 1 unspecified atom stereocenters. The summed E-state index contributed by atoms with van der Waals surface area (Å²) in [6, 6.07) is 2.40. The summed E-state index contributed by atoms with van der Waals surface area (Å²) in [6.07, 6.45) is 7.60. The van der Waals surface area contributed by atoms with Gasteiger partial charge in [0.15, 0.2) is 0 Å². The highest BCUT2D eigenvalue weighted by Crippen LogP contribution is 2.31. The quantitative estimate of drug-likeness (QED) is 0.619. The molecule has 2 aliphatic rings. The van der Waals surface area contributed by atoms with E-state index in [0.717, 1.165) is 0 Å². The van der Waals surface area contributed by atoms with Gasteiger partial charge >= 0.3 is 0 Å². The summed E-state index contributed by atoms with van der Waals surface area (Å²) >= 11 is 1.97. The molecule has 0 spiro atoms. The zero-order chi connectivity index (χ0) is 8.81. The van der Waals surface area contributed by atoms with Crippen LogP contribution in [0.5, 0.6) is 0 Å². The van der Waals surface area contributed by atoms with Gasteiger partial charge in [0.25, 0.3) is 0 Å². The Morgan fingerprint density at radius 2 is 2.50 bits per heavy atom. The van der Waals surface area contributed by atoms with Gasteiger partial charge in [-0.1, -0.05) is 0 Å². The molecule has 2 rings (SSSR count). The molecule has 0 aliphatic carbocycles. The molecule has 64 valence electrons. The van der Waals surface area contributed by atoms with Crippen LogP contribution in [0.4, 0.5) is 0 Å². The van der Waals surface area contributed by atoms with E-state index in [1.165, 1.54) is 24.0 Å². The van der Waals surface area contributed by atoms with Crippen LogP contribution in [0.25, 0.3) is 0 Å². The SMILES string of the molecule is C1=CNC2CCSC2=C1.CC#N. The van der Waals surface area contributed by atoms with Gasteiger partial charge < -0.3 is 5.32 Å². The third kappa shape index (κ3) is 2.31. The monoisotopic (exact) mass is 180 g/mol. The summed E-state index contributed by atoms with van der Waals surface area (Å²) < 4.78 is 0. The minimum Gasteiger partial charge on any atom is -0.384 e. The van der Waals surface area contributed by atoms with Gasteiger partial charge in [0.05, 0.1) is 12.1 Å². The molecule has 0 amide bonds. The summed E-state index contributed by atoms with van der Waals surface area (Å²) in [7, 11) is 0. The first-order valence-electron chi connectivity index (χ1n) is 3.95. The maximum Gasteiger partial charge on any atom is 0.0587 e. The smallest absolute Gasteiger partial charge is 0.0587 e. The van der Waals surface area contributed by atoms with E-state index in [4.69, 9.17) is 5.26 Å². The van der Waals surface area contributed by atoms with E-state index in [9.17, 15) is 0 Å². The Morgan fingerprint density at radius 1 is 1.75 bits per heavy atom. The average molecular weight is 180 g/mol. The second-order valence-corrected chi connectivity index (χ2v) is 3.68. The van der Waals surface area contributed by atoms with Gasteiger partial charge in [0, 0.05) is 17.6 Å². The van der Waals surface area contributed by atoms with Crippen LogP contribution in [0, 0.1) is 11.3 Å². The zero-order valence-corrected chi connectivity index (χ0v) is 7.90. The van der Waals surface area contributed by atoms with Crippen molar-refractivity contribution < 1.29 is 0 Å². The lowest BCUT2D eigenvalue weighted by atomic mass is 10.2. The molecule has 0 radical (unpaired) electrons. The Morgan fingerprint density at radius 3 is 3.17 bits per heavy atom. The van der Waals surface area contributed by atoms with Gasteiger partial charge in [0.1, 0.15) is 0 Å². The number of allylic oxidation sites excluding steroid dienone is 2. The van der Waals surface area contributed by atoms with Crippen LogP contribution < -0.4 is 5.32 Å². The molecule has 12 heavy (non-hydrogen) atoms. The second kappa shape index (κ2) is 4.89. The topological polar surface area (TPSA) is 35.8 Å². The fourth-order valence-corrected chi connectivity index (χ4v) is 2.33. The van der Waals surface area contributed by atoms with Crippen LogP contribution >= 0.6 is 11.8 Å². The Hall–Kier alpha value is -0.880. The van der Waals surface area contributed by atoms with E-state index in [-0.39, 0.29) is 0 Å². The molecule has 2 nitrogen and oxygen atoms in total. The van der Waals surface area contributed by atoms with Gasteiger partial charge in [-0.2, -0.15) is 5.26 Å². The van der Waals surface area contributed by atoms with E-state index < -0.39 is 0 Å². The molecule has 2 heterocycles. The van der Waals surface area contributed by atoms with E-state index in [1.807, 2.05) is 18.0 Å². The standard InChI is InChI=1S/C7H9NS.C2H3N/c1-2-7-6(8-4-1)3-5-9-7;1-2-3/h1-2,4,6,8H,3,5H2;1H3. The van der Waals surface area contributed by atoms with Crippen LogP contribution in [0.3, 0.4) is 0 Å². The minimum atomic E-state index is 0.653. The van der Waals surface area contributed by atoms with Crippen molar-refractivity contribution in [1.82, 2.24) is 5.32 Å². The average Bonchev–Trinajstić information content (AvgIpc) is 2.52. The second-order valence-electron chi connectivity index (χ2n) is 2.51. The van der Waals surface area contributed by atoms with Crippen molar-refractivity contribution in [3.05, 3.63) is 23.3 Å². The summed E-state index contributed by atoms with van der Waals surface area (Å²) in [5, 5.41) is 10.6. The minimum absolute atomic E-state index is 0.653. The van der Waals surface area contributed by atoms with Crippen molar-refractivity contribution in [2.75, 3.05) is 5.75 Å². The number of nitrogens with one attached hydrogen (secondary N) is 1. The lowest BCUT2D eigenvalue weighted by Gasteiger charge is -2.13. The summed E-state index contributed by atoms with van der Waals surface area (Å²) in [6.45, 7) is 1.43. The highest BCUT2D eigenvalue weighted by Gasteiger charge is 2.20. The van der Waals surface area contributed by atoms with Crippen LogP contribution in [-0.2, 0) is 0 Å². The summed E-state index contributed by atoms with van der Waals surface area (Å²) in [5.41, 5.74) is 0. The number of hydrogen-bond acceptors (Lipinski definition) is 3. The van der Waals surface area contributed by atoms with Crippen molar-refractivity contribution in [2.24, 2.45) is 0 Å². The van der Waals surface area contributed by atoms with Crippen LogP contribution in [0.1, 0.15) is 13.3 Å². The Balaban J connectivity index is 0.000000213. The lowest BCUT2D eigenvalue weighted by Crippen LogP contribution is -2.23. The number of fused-ring (bicyclic) bond motifs is 1. The highest BCUT2D eigenvalue weighted by atomic mass is 32.2. The molecule has 0 bridgehead atoms. The first kappa shape index (κ1) is 9.21. The first-order chi connectivity index (χ1) is 5.88. The first-order valence-corrected chi connectivity index (χ1v) is 4.93. The Labute approximate surface area is 77.3 Å². The third-order valence-electron chi connectivity index (χ3n) is 1.67. The molecular formula is C9H12N2S. The number of rotatable bonds is 0. The zero-order valence-electron chi connectivity index (χ0n) is 7.08. The largest absolute Gasteiger partial charge is 0.384 e. The molecule has 1 N–H and O–H groups in total. The summed E-state index contributed by atoms with van der Waals surface area (Å²) in [4.78, 5) is 1.51. The number of hydrogen-bond donors (Lipinski definition) is 1. The number of thioether (sulfide) groups is 1. The predicted octanol–water partition coefficient (Wildman–Crippen LogP) is 2.02. The van der Waals surface area contributed by atoms with Gasteiger partial charge in [0.2, 0.25) is 0 Å². The predicted molar refractivity (Wildman–Crippen MR) is 52.5 cm³/mol. The fourth-order valence-electron chi connectivity index (χ4n) is 1.18. The van der Waals surface area contributed by atoms with E-state index in [1.54, 1.807) is 6.07 Å². The van der Waals surface area contributed by atoms with Crippen LogP contribution in [-0.4, -0.2) is 11.8 Å². The van der Waals surface area contributed by atoms with Crippen molar-refractivity contribution in [3.8, 4) is 6.07 Å². The normalized spacial score (nSPS) is 24.0. The van der Waals surface area contributed by atoms with Gasteiger partial charge in [-0.15, -0.1) is 11.8 Å². The van der Waals surface area contributed by atoms with E-state index in [0.29, 0.717) is 6.04 Å².